The average Bonchev–Trinajstić information content (AvgIpc) is 3.03. The molecular formula is C18H20ClN5O. The molecule has 7 heteroatoms. The van der Waals surface area contributed by atoms with Crippen LogP contribution < -0.4 is 4.90 Å². The number of benzene rings is 1. The fraction of sp³-hybridized carbons (Fsp3) is 0.389. The van der Waals surface area contributed by atoms with Crippen LogP contribution in [0.1, 0.15) is 23.1 Å². The molecule has 1 fully saturated rings. The van der Waals surface area contributed by atoms with Gasteiger partial charge in [0.25, 0.3) is 0 Å². The Morgan fingerprint density at radius 3 is 2.76 bits per heavy atom. The van der Waals surface area contributed by atoms with Gasteiger partial charge in [0.2, 0.25) is 0 Å². The second-order valence-electron chi connectivity index (χ2n) is 6.44. The number of aromatic nitrogens is 4. The maximum atomic E-state index is 6.49. The van der Waals surface area contributed by atoms with Crippen LogP contribution in [0.2, 0.25) is 5.02 Å². The molecule has 1 atom stereocenters. The maximum absolute atomic E-state index is 6.49. The summed E-state index contributed by atoms with van der Waals surface area (Å²) in [7, 11) is 1.91. The molecule has 0 amide bonds. The largest absolute Gasteiger partial charge is 0.370 e. The van der Waals surface area contributed by atoms with Gasteiger partial charge in [-0.2, -0.15) is 5.10 Å². The average molecular weight is 358 g/mol. The first-order valence-corrected chi connectivity index (χ1v) is 8.68. The molecule has 3 heterocycles. The second-order valence-corrected chi connectivity index (χ2v) is 6.85. The number of hydrogen-bond acceptors (Lipinski definition) is 5. The summed E-state index contributed by atoms with van der Waals surface area (Å²) in [6, 6.07) is 4.03. The fourth-order valence-electron chi connectivity index (χ4n) is 3.15. The van der Waals surface area contributed by atoms with Crippen molar-refractivity contribution in [3.05, 3.63) is 46.5 Å². The minimum atomic E-state index is 0.00256. The van der Waals surface area contributed by atoms with Crippen molar-refractivity contribution in [1.82, 2.24) is 19.7 Å². The summed E-state index contributed by atoms with van der Waals surface area (Å²) in [6.45, 7) is 6.15. The van der Waals surface area contributed by atoms with Gasteiger partial charge in [0, 0.05) is 37.6 Å². The molecule has 130 valence electrons. The number of anilines is 1. The summed E-state index contributed by atoms with van der Waals surface area (Å²) in [6.07, 6.45) is 3.86. The van der Waals surface area contributed by atoms with Crippen LogP contribution in [0.3, 0.4) is 0 Å². The molecule has 0 saturated carbocycles. The maximum Gasteiger partial charge on any atom is 0.108 e. The van der Waals surface area contributed by atoms with Gasteiger partial charge in [-0.1, -0.05) is 11.6 Å². The standard InChI is InChI=1S/C18H20ClN5O/c1-11-12(2)22-18-15(19)6-14(7-16(18)21-11)24-4-5-25-17(10-24)13-8-20-23(3)9-13/h6-9,17H,4-5,10H2,1-3H3/t17-/m1/s1. The van der Waals surface area contributed by atoms with Crippen LogP contribution in [0.25, 0.3) is 11.0 Å². The molecule has 1 aromatic carbocycles. The lowest BCUT2D eigenvalue weighted by molar-refractivity contribution is 0.0397. The van der Waals surface area contributed by atoms with Crippen molar-refractivity contribution in [2.75, 3.05) is 24.6 Å². The molecule has 1 saturated heterocycles. The highest BCUT2D eigenvalue weighted by atomic mass is 35.5. The predicted octanol–water partition coefficient (Wildman–Crippen LogP) is 3.21. The highest BCUT2D eigenvalue weighted by Gasteiger charge is 2.24. The quantitative estimate of drug-likeness (QED) is 0.705. The highest BCUT2D eigenvalue weighted by Crippen LogP contribution is 2.31. The number of fused-ring (bicyclic) bond motifs is 1. The molecule has 4 rings (SSSR count). The lowest BCUT2D eigenvalue weighted by atomic mass is 10.1. The van der Waals surface area contributed by atoms with E-state index < -0.39 is 0 Å². The Morgan fingerprint density at radius 2 is 2.00 bits per heavy atom. The van der Waals surface area contributed by atoms with E-state index in [2.05, 4.69) is 26.0 Å². The summed E-state index contributed by atoms with van der Waals surface area (Å²) in [5.41, 5.74) is 5.55. The summed E-state index contributed by atoms with van der Waals surface area (Å²) in [5, 5.41) is 4.87. The first-order chi connectivity index (χ1) is 12.0. The minimum Gasteiger partial charge on any atom is -0.370 e. The lowest BCUT2D eigenvalue weighted by Gasteiger charge is -2.34. The Morgan fingerprint density at radius 1 is 1.20 bits per heavy atom. The van der Waals surface area contributed by atoms with Gasteiger partial charge in [-0.05, 0) is 26.0 Å². The van der Waals surface area contributed by atoms with Crippen LogP contribution >= 0.6 is 11.6 Å². The van der Waals surface area contributed by atoms with E-state index in [1.165, 1.54) is 0 Å². The zero-order chi connectivity index (χ0) is 17.6. The van der Waals surface area contributed by atoms with E-state index in [1.54, 1.807) is 4.68 Å². The molecule has 0 bridgehead atoms. The van der Waals surface area contributed by atoms with Crippen LogP contribution in [-0.4, -0.2) is 39.4 Å². The predicted molar refractivity (Wildman–Crippen MR) is 98.1 cm³/mol. The van der Waals surface area contributed by atoms with E-state index in [0.29, 0.717) is 11.6 Å². The van der Waals surface area contributed by atoms with Gasteiger partial charge in [-0.15, -0.1) is 0 Å². The van der Waals surface area contributed by atoms with Crippen molar-refractivity contribution in [3.63, 3.8) is 0 Å². The van der Waals surface area contributed by atoms with Crippen molar-refractivity contribution in [2.24, 2.45) is 7.05 Å². The van der Waals surface area contributed by atoms with Gasteiger partial charge in [-0.25, -0.2) is 9.97 Å². The van der Waals surface area contributed by atoms with Crippen LogP contribution in [0.5, 0.6) is 0 Å². The topological polar surface area (TPSA) is 56.1 Å². The van der Waals surface area contributed by atoms with E-state index in [0.717, 1.165) is 46.8 Å². The molecule has 1 aliphatic rings. The summed E-state index contributed by atoms with van der Waals surface area (Å²) < 4.78 is 7.72. The van der Waals surface area contributed by atoms with Crippen LogP contribution in [0.4, 0.5) is 5.69 Å². The Hall–Kier alpha value is -2.18. The molecule has 0 aliphatic carbocycles. The van der Waals surface area contributed by atoms with Gasteiger partial charge < -0.3 is 9.64 Å². The summed E-state index contributed by atoms with van der Waals surface area (Å²) >= 11 is 6.49. The Kier molecular flexibility index (Phi) is 4.09. The third-order valence-corrected chi connectivity index (χ3v) is 4.94. The van der Waals surface area contributed by atoms with Gasteiger partial charge >= 0.3 is 0 Å². The normalized spacial score (nSPS) is 18.1. The zero-order valence-electron chi connectivity index (χ0n) is 14.5. The Labute approximate surface area is 151 Å². The third kappa shape index (κ3) is 3.07. The van der Waals surface area contributed by atoms with Crippen molar-refractivity contribution < 1.29 is 4.74 Å². The molecule has 1 aliphatic heterocycles. The lowest BCUT2D eigenvalue weighted by Crippen LogP contribution is -2.38. The summed E-state index contributed by atoms with van der Waals surface area (Å²) in [4.78, 5) is 11.5. The number of aryl methyl sites for hydroxylation is 3. The van der Waals surface area contributed by atoms with Crippen molar-refractivity contribution >= 4 is 28.3 Å². The van der Waals surface area contributed by atoms with Gasteiger partial charge in [0.15, 0.2) is 0 Å². The van der Waals surface area contributed by atoms with E-state index >= 15 is 0 Å². The fourth-order valence-corrected chi connectivity index (χ4v) is 3.40. The third-order valence-electron chi connectivity index (χ3n) is 4.65. The van der Waals surface area contributed by atoms with Gasteiger partial charge in [-0.3, -0.25) is 4.68 Å². The first-order valence-electron chi connectivity index (χ1n) is 8.31. The first kappa shape index (κ1) is 16.3. The number of ether oxygens (including phenoxy) is 1. The Bertz CT molecular complexity index is 939. The molecule has 0 N–H and O–H groups in total. The molecular weight excluding hydrogens is 338 g/mol. The van der Waals surface area contributed by atoms with Crippen molar-refractivity contribution in [3.8, 4) is 0 Å². The Balaban J connectivity index is 1.67. The molecule has 25 heavy (non-hydrogen) atoms. The number of morpholine rings is 1. The van der Waals surface area contributed by atoms with E-state index in [4.69, 9.17) is 16.3 Å². The number of halogens is 1. The number of rotatable bonds is 2. The van der Waals surface area contributed by atoms with Crippen molar-refractivity contribution in [1.29, 1.82) is 0 Å². The zero-order valence-corrected chi connectivity index (χ0v) is 15.3. The molecule has 2 aromatic heterocycles. The van der Waals surface area contributed by atoms with Gasteiger partial charge in [0.1, 0.15) is 11.6 Å². The molecule has 0 radical (unpaired) electrons. The molecule has 6 nitrogen and oxygen atoms in total. The van der Waals surface area contributed by atoms with Crippen LogP contribution in [0.15, 0.2) is 24.5 Å². The molecule has 3 aromatic rings. The van der Waals surface area contributed by atoms with E-state index in [9.17, 15) is 0 Å². The number of hydrogen-bond donors (Lipinski definition) is 0. The highest BCUT2D eigenvalue weighted by molar-refractivity contribution is 6.35. The summed E-state index contributed by atoms with van der Waals surface area (Å²) in [5.74, 6) is 0. The SMILES string of the molecule is Cc1nc2cc(N3CCO[C@@H](c4cnn(C)c4)C3)cc(Cl)c2nc1C. The van der Waals surface area contributed by atoms with Crippen LogP contribution in [-0.2, 0) is 11.8 Å². The van der Waals surface area contributed by atoms with E-state index in [1.807, 2.05) is 39.4 Å². The number of nitrogens with zero attached hydrogens (tertiary/aromatic N) is 5. The minimum absolute atomic E-state index is 0.00256. The smallest absolute Gasteiger partial charge is 0.108 e. The van der Waals surface area contributed by atoms with Gasteiger partial charge in [0.05, 0.1) is 34.7 Å². The monoisotopic (exact) mass is 357 g/mol. The molecule has 0 unspecified atom stereocenters. The van der Waals surface area contributed by atoms with Crippen LogP contribution in [0, 0.1) is 13.8 Å². The van der Waals surface area contributed by atoms with Crippen molar-refractivity contribution in [2.45, 2.75) is 20.0 Å². The molecule has 0 spiro atoms. The second kappa shape index (κ2) is 6.28. The van der Waals surface area contributed by atoms with E-state index in [-0.39, 0.29) is 6.10 Å².